The van der Waals surface area contributed by atoms with E-state index in [9.17, 15) is 14.4 Å². The number of carbonyl (C=O) groups is 3. The van der Waals surface area contributed by atoms with E-state index in [0.29, 0.717) is 26.4 Å². The Labute approximate surface area is 247 Å². The SMILES string of the molecule is COc1cc(/C=C2\SC(=O)N(CCOc3ccccc3Cl)C2=O)cc(Br)c1OC(=O)c1cccc2ccccc12. The highest BCUT2D eigenvalue weighted by atomic mass is 79.9. The van der Waals surface area contributed by atoms with Crippen LogP contribution < -0.4 is 14.2 Å². The van der Waals surface area contributed by atoms with Crippen LogP contribution in [0.3, 0.4) is 0 Å². The van der Waals surface area contributed by atoms with Crippen molar-refractivity contribution < 1.29 is 28.6 Å². The third-order valence-electron chi connectivity index (χ3n) is 6.04. The van der Waals surface area contributed by atoms with Crippen LogP contribution in [0.1, 0.15) is 15.9 Å². The molecule has 10 heteroatoms. The van der Waals surface area contributed by atoms with Crippen molar-refractivity contribution in [2.75, 3.05) is 20.3 Å². The average Bonchev–Trinajstić information content (AvgIpc) is 3.22. The maximum Gasteiger partial charge on any atom is 0.344 e. The van der Waals surface area contributed by atoms with Gasteiger partial charge in [0, 0.05) is 0 Å². The van der Waals surface area contributed by atoms with E-state index in [1.807, 2.05) is 30.3 Å². The average molecular weight is 639 g/mol. The minimum atomic E-state index is -0.538. The number of para-hydroxylation sites is 1. The Morgan fingerprint density at radius 1 is 1.00 bits per heavy atom. The zero-order valence-corrected chi connectivity index (χ0v) is 24.2. The monoisotopic (exact) mass is 637 g/mol. The molecule has 5 rings (SSSR count). The number of ether oxygens (including phenoxy) is 3. The van der Waals surface area contributed by atoms with Crippen LogP contribution in [0.2, 0.25) is 5.02 Å². The second kappa shape index (κ2) is 12.2. The van der Waals surface area contributed by atoms with Crippen LogP contribution in [0.4, 0.5) is 4.79 Å². The Morgan fingerprint density at radius 3 is 2.55 bits per heavy atom. The number of halogens is 2. The lowest BCUT2D eigenvalue weighted by Crippen LogP contribution is -2.32. The van der Waals surface area contributed by atoms with Gasteiger partial charge < -0.3 is 14.2 Å². The van der Waals surface area contributed by atoms with Crippen LogP contribution in [0, 0.1) is 0 Å². The molecule has 1 fully saturated rings. The van der Waals surface area contributed by atoms with Crippen molar-refractivity contribution in [2.45, 2.75) is 0 Å². The van der Waals surface area contributed by atoms with Crippen LogP contribution in [-0.4, -0.2) is 42.3 Å². The summed E-state index contributed by atoms with van der Waals surface area (Å²) >= 11 is 10.4. The van der Waals surface area contributed by atoms with E-state index in [1.165, 1.54) is 7.11 Å². The summed E-state index contributed by atoms with van der Waals surface area (Å²) in [6.45, 7) is 0.175. The lowest BCUT2D eigenvalue weighted by Gasteiger charge is -2.14. The number of hydrogen-bond donors (Lipinski definition) is 0. The van der Waals surface area contributed by atoms with Gasteiger partial charge in [0.25, 0.3) is 11.1 Å². The molecule has 0 saturated carbocycles. The van der Waals surface area contributed by atoms with Crippen molar-refractivity contribution in [1.29, 1.82) is 0 Å². The van der Waals surface area contributed by atoms with Crippen molar-refractivity contribution in [3.05, 3.63) is 104 Å². The molecule has 40 heavy (non-hydrogen) atoms. The Bertz CT molecular complexity index is 1670. The maximum absolute atomic E-state index is 13.1. The summed E-state index contributed by atoms with van der Waals surface area (Å²) in [7, 11) is 1.45. The zero-order valence-electron chi connectivity index (χ0n) is 21.1. The second-order valence-corrected chi connectivity index (χ2v) is 10.8. The molecule has 0 aromatic heterocycles. The number of thioether (sulfide) groups is 1. The number of amides is 2. The third-order valence-corrected chi connectivity index (χ3v) is 7.85. The van der Waals surface area contributed by atoms with Crippen molar-refractivity contribution in [1.82, 2.24) is 4.90 Å². The van der Waals surface area contributed by atoms with Gasteiger partial charge in [0.15, 0.2) is 11.5 Å². The van der Waals surface area contributed by atoms with E-state index < -0.39 is 17.1 Å². The minimum Gasteiger partial charge on any atom is -0.493 e. The van der Waals surface area contributed by atoms with Gasteiger partial charge in [0.05, 0.1) is 33.6 Å². The molecule has 0 atom stereocenters. The summed E-state index contributed by atoms with van der Waals surface area (Å²) < 4.78 is 17.3. The quantitative estimate of drug-likeness (QED) is 0.112. The van der Waals surface area contributed by atoms with Crippen molar-refractivity contribution in [3.63, 3.8) is 0 Å². The van der Waals surface area contributed by atoms with E-state index in [1.54, 1.807) is 54.6 Å². The molecule has 202 valence electrons. The third kappa shape index (κ3) is 5.86. The number of benzene rings is 4. The summed E-state index contributed by atoms with van der Waals surface area (Å²) in [5.74, 6) is -0.0168. The van der Waals surface area contributed by atoms with E-state index in [2.05, 4.69) is 15.9 Å². The predicted octanol–water partition coefficient (Wildman–Crippen LogP) is 7.60. The standard InChI is InChI=1S/C30H21BrClNO6S/c1-37-25-16-18(15-22(31)27(25)39-29(35)21-10-6-8-19-7-2-3-9-20(19)21)17-26-28(34)33(30(36)40-26)13-14-38-24-12-5-4-11-23(24)32/h2-12,15-17H,13-14H2,1H3/b26-17-. The molecule has 0 radical (unpaired) electrons. The number of methoxy groups -OCH3 is 1. The number of carbonyl (C=O) groups excluding carboxylic acids is 3. The topological polar surface area (TPSA) is 82.1 Å². The van der Waals surface area contributed by atoms with Crippen LogP contribution in [-0.2, 0) is 4.79 Å². The molecule has 1 aliphatic heterocycles. The van der Waals surface area contributed by atoms with Gasteiger partial charge in [-0.2, -0.15) is 0 Å². The molecule has 1 aliphatic rings. The Balaban J connectivity index is 1.32. The smallest absolute Gasteiger partial charge is 0.344 e. The Kier molecular flexibility index (Phi) is 8.44. The van der Waals surface area contributed by atoms with Gasteiger partial charge in [0.2, 0.25) is 0 Å². The van der Waals surface area contributed by atoms with E-state index in [-0.39, 0.29) is 29.6 Å². The molecule has 0 spiro atoms. The number of rotatable bonds is 8. The highest BCUT2D eigenvalue weighted by Gasteiger charge is 2.35. The van der Waals surface area contributed by atoms with Crippen LogP contribution in [0.15, 0.2) is 88.2 Å². The van der Waals surface area contributed by atoms with Gasteiger partial charge in [-0.05, 0) is 80.4 Å². The zero-order chi connectivity index (χ0) is 28.2. The molecule has 4 aromatic rings. The second-order valence-electron chi connectivity index (χ2n) is 8.56. The molecule has 0 aliphatic carbocycles. The normalized spacial score (nSPS) is 14.2. The molecule has 1 saturated heterocycles. The predicted molar refractivity (Wildman–Crippen MR) is 159 cm³/mol. The lowest BCUT2D eigenvalue weighted by molar-refractivity contribution is -0.123. The molecular weight excluding hydrogens is 618 g/mol. The summed E-state index contributed by atoms with van der Waals surface area (Å²) in [5, 5.41) is 1.74. The Hall–Kier alpha value is -3.79. The van der Waals surface area contributed by atoms with Gasteiger partial charge in [-0.3, -0.25) is 14.5 Å². The molecule has 1 heterocycles. The first-order chi connectivity index (χ1) is 19.4. The molecule has 0 bridgehead atoms. The number of nitrogens with zero attached hydrogens (tertiary/aromatic N) is 1. The molecule has 4 aromatic carbocycles. The number of esters is 1. The van der Waals surface area contributed by atoms with Gasteiger partial charge >= 0.3 is 5.97 Å². The summed E-state index contributed by atoms with van der Waals surface area (Å²) in [5.41, 5.74) is 0.995. The van der Waals surface area contributed by atoms with Crippen LogP contribution >= 0.6 is 39.3 Å². The van der Waals surface area contributed by atoms with E-state index >= 15 is 0 Å². The molecule has 7 nitrogen and oxygen atoms in total. The van der Waals surface area contributed by atoms with Gasteiger partial charge in [0.1, 0.15) is 12.4 Å². The maximum atomic E-state index is 13.1. The fourth-order valence-electron chi connectivity index (χ4n) is 4.13. The van der Waals surface area contributed by atoms with Crippen molar-refractivity contribution in [2.24, 2.45) is 0 Å². The van der Waals surface area contributed by atoms with Gasteiger partial charge in [-0.15, -0.1) is 0 Å². The van der Waals surface area contributed by atoms with Crippen molar-refractivity contribution >= 4 is 73.3 Å². The highest BCUT2D eigenvalue weighted by Crippen LogP contribution is 2.40. The molecular formula is C30H21BrClNO6S. The van der Waals surface area contributed by atoms with Gasteiger partial charge in [-0.1, -0.05) is 60.1 Å². The fourth-order valence-corrected chi connectivity index (χ4v) is 5.72. The highest BCUT2D eigenvalue weighted by molar-refractivity contribution is 9.10. The molecule has 2 amide bonds. The van der Waals surface area contributed by atoms with E-state index in [0.717, 1.165) is 27.4 Å². The first-order valence-corrected chi connectivity index (χ1v) is 14.0. The minimum absolute atomic E-state index is 0.0727. The first kappa shape index (κ1) is 27.8. The molecule has 0 N–H and O–H groups in total. The number of imide groups is 1. The Morgan fingerprint density at radius 2 is 1.75 bits per heavy atom. The fraction of sp³-hybridized carbons (Fsp3) is 0.100. The summed E-state index contributed by atoms with van der Waals surface area (Å²) in [6, 6.07) is 23.3. The van der Waals surface area contributed by atoms with Crippen LogP contribution in [0.5, 0.6) is 17.2 Å². The summed E-state index contributed by atoms with van der Waals surface area (Å²) in [6.07, 6.45) is 1.59. The number of fused-ring (bicyclic) bond motifs is 1. The summed E-state index contributed by atoms with van der Waals surface area (Å²) in [4.78, 5) is 40.0. The molecule has 0 unspecified atom stereocenters. The van der Waals surface area contributed by atoms with E-state index in [4.69, 9.17) is 25.8 Å². The van der Waals surface area contributed by atoms with Crippen molar-refractivity contribution in [3.8, 4) is 17.2 Å². The number of hydrogen-bond acceptors (Lipinski definition) is 7. The van der Waals surface area contributed by atoms with Gasteiger partial charge in [-0.25, -0.2) is 4.79 Å². The van der Waals surface area contributed by atoms with Crippen LogP contribution in [0.25, 0.3) is 16.8 Å². The largest absolute Gasteiger partial charge is 0.493 e. The lowest BCUT2D eigenvalue weighted by atomic mass is 10.0. The first-order valence-electron chi connectivity index (χ1n) is 12.1.